The average molecular weight is 292 g/mol. The summed E-state index contributed by atoms with van der Waals surface area (Å²) in [5, 5.41) is 3.40. The van der Waals surface area contributed by atoms with E-state index in [1.165, 1.54) is 11.6 Å². The van der Waals surface area contributed by atoms with E-state index in [2.05, 4.69) is 17.4 Å². The number of benzene rings is 2. The molecular weight excluding hydrogens is 273 g/mol. The highest BCUT2D eigenvalue weighted by Crippen LogP contribution is 2.19. The van der Waals surface area contributed by atoms with Crippen molar-refractivity contribution >= 4 is 11.6 Å². The van der Waals surface area contributed by atoms with Gasteiger partial charge in [0.1, 0.15) is 5.82 Å². The number of rotatable bonds is 6. The highest BCUT2D eigenvalue weighted by Gasteiger charge is 2.11. The lowest BCUT2D eigenvalue weighted by atomic mass is 9.92. The molecule has 2 aromatic carbocycles. The Kier molecular flexibility index (Phi) is 5.57. The highest BCUT2D eigenvalue weighted by atomic mass is 35.5. The van der Waals surface area contributed by atoms with Gasteiger partial charge in [0.2, 0.25) is 0 Å². The van der Waals surface area contributed by atoms with Crippen molar-refractivity contribution in [2.45, 2.75) is 12.8 Å². The maximum Gasteiger partial charge on any atom is 0.142 e. The normalized spacial score (nSPS) is 12.3. The molecule has 106 valence electrons. The van der Waals surface area contributed by atoms with E-state index >= 15 is 0 Å². The van der Waals surface area contributed by atoms with Gasteiger partial charge in [-0.05, 0) is 55.6 Å². The minimum Gasteiger partial charge on any atom is -0.319 e. The first-order chi connectivity index (χ1) is 9.69. The molecule has 3 heteroatoms. The predicted octanol–water partition coefficient (Wildman–Crippen LogP) is 4.10. The molecule has 2 rings (SSSR count). The second-order valence-electron chi connectivity index (χ2n) is 5.07. The molecule has 2 aromatic rings. The summed E-state index contributed by atoms with van der Waals surface area (Å²) in [6, 6.07) is 15.4. The van der Waals surface area contributed by atoms with Crippen molar-refractivity contribution in [3.63, 3.8) is 0 Å². The quantitative estimate of drug-likeness (QED) is 0.845. The van der Waals surface area contributed by atoms with Crippen LogP contribution in [-0.2, 0) is 12.8 Å². The Bertz CT molecular complexity index is 542. The number of hydrogen-bond acceptors (Lipinski definition) is 1. The summed E-state index contributed by atoms with van der Waals surface area (Å²) in [6.45, 7) is 0.902. The van der Waals surface area contributed by atoms with Gasteiger partial charge >= 0.3 is 0 Å². The number of hydrogen-bond donors (Lipinski definition) is 1. The fraction of sp³-hybridized carbons (Fsp3) is 0.294. The zero-order chi connectivity index (χ0) is 14.4. The standard InChI is InChI=1S/C17H19ClFN/c1-20-12-15(9-13-5-3-2-4-6-13)10-14-7-8-16(18)17(19)11-14/h2-8,11,15,20H,9-10,12H2,1H3. The molecule has 0 aromatic heterocycles. The zero-order valence-electron chi connectivity index (χ0n) is 11.6. The Morgan fingerprint density at radius 2 is 1.75 bits per heavy atom. The van der Waals surface area contributed by atoms with E-state index in [1.807, 2.05) is 31.3 Å². The van der Waals surface area contributed by atoms with Crippen molar-refractivity contribution in [3.05, 3.63) is 70.5 Å². The van der Waals surface area contributed by atoms with Crippen molar-refractivity contribution in [3.8, 4) is 0 Å². The van der Waals surface area contributed by atoms with Crippen LogP contribution >= 0.6 is 11.6 Å². The first-order valence-corrected chi connectivity index (χ1v) is 7.19. The van der Waals surface area contributed by atoms with E-state index in [9.17, 15) is 4.39 Å². The van der Waals surface area contributed by atoms with Crippen molar-refractivity contribution in [1.82, 2.24) is 5.32 Å². The van der Waals surface area contributed by atoms with Crippen LogP contribution in [0.1, 0.15) is 11.1 Å². The molecule has 0 fully saturated rings. The lowest BCUT2D eigenvalue weighted by Crippen LogP contribution is -2.22. The minimum atomic E-state index is -0.341. The molecule has 0 bridgehead atoms. The molecule has 0 saturated carbocycles. The van der Waals surface area contributed by atoms with Gasteiger partial charge in [-0.1, -0.05) is 48.0 Å². The molecule has 1 nitrogen and oxygen atoms in total. The van der Waals surface area contributed by atoms with Crippen molar-refractivity contribution in [2.75, 3.05) is 13.6 Å². The monoisotopic (exact) mass is 291 g/mol. The molecule has 0 saturated heterocycles. The molecule has 0 spiro atoms. The Morgan fingerprint density at radius 1 is 1.05 bits per heavy atom. The van der Waals surface area contributed by atoms with Crippen LogP contribution in [0.15, 0.2) is 48.5 Å². The first-order valence-electron chi connectivity index (χ1n) is 6.81. The summed E-state index contributed by atoms with van der Waals surface area (Å²) < 4.78 is 13.5. The smallest absolute Gasteiger partial charge is 0.142 e. The van der Waals surface area contributed by atoms with Crippen molar-refractivity contribution in [2.24, 2.45) is 5.92 Å². The summed E-state index contributed by atoms with van der Waals surface area (Å²) in [7, 11) is 1.94. The van der Waals surface area contributed by atoms with Gasteiger partial charge < -0.3 is 5.32 Å². The summed E-state index contributed by atoms with van der Waals surface area (Å²) in [6.07, 6.45) is 1.82. The van der Waals surface area contributed by atoms with E-state index in [-0.39, 0.29) is 10.8 Å². The molecule has 1 N–H and O–H groups in total. The molecule has 0 amide bonds. The third kappa shape index (κ3) is 4.32. The van der Waals surface area contributed by atoms with Crippen molar-refractivity contribution in [1.29, 1.82) is 0 Å². The molecule has 0 aliphatic rings. The van der Waals surface area contributed by atoms with Crippen LogP contribution in [-0.4, -0.2) is 13.6 Å². The first kappa shape index (κ1) is 15.0. The van der Waals surface area contributed by atoms with E-state index in [4.69, 9.17) is 11.6 Å². The molecule has 0 heterocycles. The number of nitrogens with one attached hydrogen (secondary N) is 1. The zero-order valence-corrected chi connectivity index (χ0v) is 12.3. The molecule has 20 heavy (non-hydrogen) atoms. The third-order valence-corrected chi connectivity index (χ3v) is 3.67. The van der Waals surface area contributed by atoms with Gasteiger partial charge in [0, 0.05) is 0 Å². The highest BCUT2D eigenvalue weighted by molar-refractivity contribution is 6.30. The van der Waals surface area contributed by atoms with Gasteiger partial charge in [0.05, 0.1) is 5.02 Å². The third-order valence-electron chi connectivity index (χ3n) is 3.37. The van der Waals surface area contributed by atoms with E-state index in [0.29, 0.717) is 5.92 Å². The van der Waals surface area contributed by atoms with Gasteiger partial charge in [-0.3, -0.25) is 0 Å². The van der Waals surface area contributed by atoms with Crippen LogP contribution in [0, 0.1) is 11.7 Å². The van der Waals surface area contributed by atoms with Gasteiger partial charge in [0.15, 0.2) is 0 Å². The van der Waals surface area contributed by atoms with Gasteiger partial charge in [-0.15, -0.1) is 0 Å². The van der Waals surface area contributed by atoms with Crippen LogP contribution in [0.25, 0.3) is 0 Å². The molecule has 0 radical (unpaired) electrons. The summed E-state index contributed by atoms with van der Waals surface area (Å²) in [5.41, 5.74) is 2.30. The van der Waals surface area contributed by atoms with Crippen LogP contribution < -0.4 is 5.32 Å². The van der Waals surface area contributed by atoms with Gasteiger partial charge in [0.25, 0.3) is 0 Å². The Morgan fingerprint density at radius 3 is 2.40 bits per heavy atom. The van der Waals surface area contributed by atoms with Crippen LogP contribution in [0.4, 0.5) is 4.39 Å². The maximum absolute atomic E-state index is 13.5. The maximum atomic E-state index is 13.5. The lowest BCUT2D eigenvalue weighted by molar-refractivity contribution is 0.491. The second kappa shape index (κ2) is 7.41. The molecular formula is C17H19ClFN. The fourth-order valence-corrected chi connectivity index (χ4v) is 2.57. The second-order valence-corrected chi connectivity index (χ2v) is 5.47. The summed E-state index contributed by atoms with van der Waals surface area (Å²) >= 11 is 5.72. The van der Waals surface area contributed by atoms with E-state index < -0.39 is 0 Å². The van der Waals surface area contributed by atoms with Crippen LogP contribution in [0.5, 0.6) is 0 Å². The van der Waals surface area contributed by atoms with E-state index in [1.54, 1.807) is 6.07 Å². The molecule has 0 aliphatic heterocycles. The van der Waals surface area contributed by atoms with E-state index in [0.717, 1.165) is 24.9 Å². The minimum absolute atomic E-state index is 0.182. The summed E-state index contributed by atoms with van der Waals surface area (Å²) in [5.74, 6) is 0.0926. The average Bonchev–Trinajstić information content (AvgIpc) is 2.44. The SMILES string of the molecule is CNCC(Cc1ccccc1)Cc1ccc(Cl)c(F)c1. The summed E-state index contributed by atoms with van der Waals surface area (Å²) in [4.78, 5) is 0. The fourth-order valence-electron chi connectivity index (χ4n) is 2.45. The molecule has 0 aliphatic carbocycles. The van der Waals surface area contributed by atoms with Gasteiger partial charge in [-0.25, -0.2) is 4.39 Å². The molecule has 1 unspecified atom stereocenters. The number of halogens is 2. The molecule has 1 atom stereocenters. The van der Waals surface area contributed by atoms with Crippen LogP contribution in [0.2, 0.25) is 5.02 Å². The Hall–Kier alpha value is -1.38. The van der Waals surface area contributed by atoms with Gasteiger partial charge in [-0.2, -0.15) is 0 Å². The lowest BCUT2D eigenvalue weighted by Gasteiger charge is -2.17. The van der Waals surface area contributed by atoms with Crippen molar-refractivity contribution < 1.29 is 4.39 Å². The Balaban J connectivity index is 2.06. The Labute approximate surface area is 124 Å². The topological polar surface area (TPSA) is 12.0 Å². The predicted molar refractivity (Wildman–Crippen MR) is 82.7 cm³/mol. The van der Waals surface area contributed by atoms with Crippen LogP contribution in [0.3, 0.4) is 0 Å². The largest absolute Gasteiger partial charge is 0.319 e.